The zero-order valence-electron chi connectivity index (χ0n) is 21.5. The molecule has 9 nitrogen and oxygen atoms in total. The van der Waals surface area contributed by atoms with Gasteiger partial charge in [0.2, 0.25) is 0 Å². The van der Waals surface area contributed by atoms with Crippen LogP contribution in [0.4, 0.5) is 5.82 Å². The molecule has 0 spiro atoms. The minimum atomic E-state index is -0.563. The summed E-state index contributed by atoms with van der Waals surface area (Å²) in [5.41, 5.74) is 3.32. The molecular weight excluding hydrogens is 460 g/mol. The summed E-state index contributed by atoms with van der Waals surface area (Å²) in [7, 11) is 3.93. The first-order valence-corrected chi connectivity index (χ1v) is 12.4. The largest absolute Gasteiger partial charge is 0.462 e. The quantitative estimate of drug-likeness (QED) is 0.419. The van der Waals surface area contributed by atoms with E-state index < -0.39 is 11.9 Å². The Morgan fingerprint density at radius 1 is 1.00 bits per heavy atom. The third kappa shape index (κ3) is 5.22. The van der Waals surface area contributed by atoms with E-state index in [1.807, 2.05) is 55.4 Å². The number of hydrogen-bond acceptors (Lipinski definition) is 8. The minimum absolute atomic E-state index is 0.186. The summed E-state index contributed by atoms with van der Waals surface area (Å²) in [6, 6.07) is 11.8. The maximum Gasteiger partial charge on any atom is 0.341 e. The molecule has 0 atom stereocenters. The number of nitrogens with zero attached hydrogens (tertiary/aromatic N) is 4. The molecule has 9 heteroatoms. The summed E-state index contributed by atoms with van der Waals surface area (Å²) in [5, 5.41) is 4.98. The first-order chi connectivity index (χ1) is 17.5. The van der Waals surface area contributed by atoms with Crippen LogP contribution in [0.1, 0.15) is 40.3 Å². The molecule has 4 rings (SSSR count). The lowest BCUT2D eigenvalue weighted by Crippen LogP contribution is -2.37. The van der Waals surface area contributed by atoms with Crippen LogP contribution in [0, 0.1) is 0 Å². The molecule has 0 amide bonds. The van der Waals surface area contributed by atoms with E-state index in [1.165, 1.54) is 0 Å². The van der Waals surface area contributed by atoms with E-state index in [0.717, 1.165) is 16.9 Å². The molecule has 0 unspecified atom stereocenters. The summed E-state index contributed by atoms with van der Waals surface area (Å²) < 4.78 is 18.2. The van der Waals surface area contributed by atoms with E-state index in [9.17, 15) is 9.59 Å². The van der Waals surface area contributed by atoms with Crippen molar-refractivity contribution in [2.45, 2.75) is 20.3 Å². The van der Waals surface area contributed by atoms with Crippen molar-refractivity contribution in [3.63, 3.8) is 0 Å². The summed E-state index contributed by atoms with van der Waals surface area (Å²) >= 11 is 0. The molecule has 3 aromatic rings. The van der Waals surface area contributed by atoms with Crippen LogP contribution in [0.25, 0.3) is 16.6 Å². The number of hydrogen-bond donors (Lipinski definition) is 0. The number of rotatable bonds is 9. The number of anilines is 1. The molecule has 1 aliphatic rings. The zero-order chi connectivity index (χ0) is 25.7. The Hall–Kier alpha value is -3.43. The van der Waals surface area contributed by atoms with Crippen LogP contribution < -0.4 is 4.90 Å². The van der Waals surface area contributed by atoms with Crippen molar-refractivity contribution < 1.29 is 23.8 Å². The van der Waals surface area contributed by atoms with Crippen LogP contribution in [0.5, 0.6) is 0 Å². The molecule has 3 heterocycles. The monoisotopic (exact) mass is 494 g/mol. The molecule has 0 N–H and O–H groups in total. The van der Waals surface area contributed by atoms with Crippen LogP contribution in [0.3, 0.4) is 0 Å². The van der Waals surface area contributed by atoms with Crippen LogP contribution in [-0.4, -0.2) is 86.6 Å². The molecule has 2 aromatic heterocycles. The van der Waals surface area contributed by atoms with Crippen molar-refractivity contribution in [1.82, 2.24) is 14.5 Å². The molecule has 0 saturated carbocycles. The van der Waals surface area contributed by atoms with Crippen molar-refractivity contribution >= 4 is 23.3 Å². The molecule has 0 aliphatic carbocycles. The Morgan fingerprint density at radius 3 is 2.25 bits per heavy atom. The third-order valence-electron chi connectivity index (χ3n) is 6.15. The maximum atomic E-state index is 13.4. The van der Waals surface area contributed by atoms with Gasteiger partial charge in [-0.15, -0.1) is 5.10 Å². The highest BCUT2D eigenvalue weighted by Crippen LogP contribution is 2.36. The van der Waals surface area contributed by atoms with Gasteiger partial charge in [0.05, 0.1) is 43.2 Å². The lowest BCUT2D eigenvalue weighted by molar-refractivity contribution is 0.0480. The van der Waals surface area contributed by atoms with Gasteiger partial charge in [-0.2, -0.15) is 0 Å². The standard InChI is InChI=1S/C27H34N4O5/c1-5-35-26(32)23-21(12-13-29(3)4)31-25(24(23)27(33)36-6-2)20(19-10-8-7-9-11-19)18-22(28-31)30-14-16-34-17-15-30/h7-11,18H,5-6,12-17H2,1-4H3. The van der Waals surface area contributed by atoms with Crippen LogP contribution in [-0.2, 0) is 20.6 Å². The van der Waals surface area contributed by atoms with Crippen LogP contribution >= 0.6 is 0 Å². The lowest BCUT2D eigenvalue weighted by Gasteiger charge is -2.28. The summed E-state index contributed by atoms with van der Waals surface area (Å²) in [5.74, 6) is -0.351. The van der Waals surface area contributed by atoms with E-state index in [-0.39, 0.29) is 24.3 Å². The van der Waals surface area contributed by atoms with E-state index >= 15 is 0 Å². The highest BCUT2D eigenvalue weighted by molar-refractivity contribution is 6.12. The normalized spacial score (nSPS) is 13.9. The first-order valence-electron chi connectivity index (χ1n) is 12.4. The Kier molecular flexibility index (Phi) is 8.22. The molecule has 1 saturated heterocycles. The second kappa shape index (κ2) is 11.5. The van der Waals surface area contributed by atoms with Gasteiger partial charge in [-0.3, -0.25) is 0 Å². The molecule has 0 bridgehead atoms. The van der Waals surface area contributed by atoms with Gasteiger partial charge in [-0.05, 0) is 39.6 Å². The fraction of sp³-hybridized carbons (Fsp3) is 0.444. The molecule has 192 valence electrons. The molecule has 1 aliphatic heterocycles. The average molecular weight is 495 g/mol. The second-order valence-corrected chi connectivity index (χ2v) is 8.83. The SMILES string of the molecule is CCOC(=O)c1c(C(=O)OCC)c2c(-c3ccccc3)cc(N3CCOCC3)nn2c1CCN(C)C. The van der Waals surface area contributed by atoms with Crippen molar-refractivity contribution in [3.05, 3.63) is 53.2 Å². The summed E-state index contributed by atoms with van der Waals surface area (Å²) in [6.45, 7) is 7.17. The Balaban J connectivity index is 2.09. The zero-order valence-corrected chi connectivity index (χ0v) is 21.5. The highest BCUT2D eigenvalue weighted by atomic mass is 16.5. The van der Waals surface area contributed by atoms with E-state index in [4.69, 9.17) is 19.3 Å². The smallest absolute Gasteiger partial charge is 0.341 e. The maximum absolute atomic E-state index is 13.4. The predicted molar refractivity (Wildman–Crippen MR) is 138 cm³/mol. The number of aromatic nitrogens is 2. The van der Waals surface area contributed by atoms with Crippen LogP contribution in [0.2, 0.25) is 0 Å². The first kappa shape index (κ1) is 25.7. The van der Waals surface area contributed by atoms with Gasteiger partial charge in [-0.25, -0.2) is 14.1 Å². The number of esters is 2. The predicted octanol–water partition coefficient (Wildman–Crippen LogP) is 3.30. The van der Waals surface area contributed by atoms with Gasteiger partial charge in [0, 0.05) is 31.6 Å². The second-order valence-electron chi connectivity index (χ2n) is 8.83. The van der Waals surface area contributed by atoms with Crippen molar-refractivity contribution in [2.24, 2.45) is 0 Å². The van der Waals surface area contributed by atoms with Crippen molar-refractivity contribution in [1.29, 1.82) is 0 Å². The highest BCUT2D eigenvalue weighted by Gasteiger charge is 2.33. The molecule has 1 aromatic carbocycles. The van der Waals surface area contributed by atoms with Gasteiger partial charge in [0.15, 0.2) is 0 Å². The summed E-state index contributed by atoms with van der Waals surface area (Å²) in [4.78, 5) is 30.9. The fourth-order valence-electron chi connectivity index (χ4n) is 4.47. The van der Waals surface area contributed by atoms with Crippen molar-refractivity contribution in [3.8, 4) is 11.1 Å². The topological polar surface area (TPSA) is 85.6 Å². The molecule has 0 radical (unpaired) electrons. The number of benzene rings is 1. The Morgan fingerprint density at radius 2 is 1.64 bits per heavy atom. The van der Waals surface area contributed by atoms with E-state index in [0.29, 0.717) is 50.5 Å². The number of morpholine rings is 1. The number of likely N-dealkylation sites (N-methyl/N-ethyl adjacent to an activating group) is 1. The van der Waals surface area contributed by atoms with E-state index in [2.05, 4.69) is 4.90 Å². The van der Waals surface area contributed by atoms with Gasteiger partial charge in [0.1, 0.15) is 11.4 Å². The molecule has 36 heavy (non-hydrogen) atoms. The molecule has 1 fully saturated rings. The Labute approximate surface area is 211 Å². The Bertz CT molecular complexity index is 1220. The van der Waals surface area contributed by atoms with Crippen molar-refractivity contribution in [2.75, 3.05) is 65.1 Å². The lowest BCUT2D eigenvalue weighted by atomic mass is 10.0. The minimum Gasteiger partial charge on any atom is -0.462 e. The number of carbonyl (C=O) groups excluding carboxylic acids is 2. The number of ether oxygens (including phenoxy) is 3. The fourth-order valence-corrected chi connectivity index (χ4v) is 4.47. The number of carbonyl (C=O) groups is 2. The third-order valence-corrected chi connectivity index (χ3v) is 6.15. The van der Waals surface area contributed by atoms with Gasteiger partial charge in [0.25, 0.3) is 0 Å². The summed E-state index contributed by atoms with van der Waals surface area (Å²) in [6.07, 6.45) is 0.496. The van der Waals surface area contributed by atoms with Gasteiger partial charge < -0.3 is 24.0 Å². The van der Waals surface area contributed by atoms with Crippen LogP contribution in [0.15, 0.2) is 36.4 Å². The van der Waals surface area contributed by atoms with Gasteiger partial charge >= 0.3 is 11.9 Å². The average Bonchev–Trinajstić information content (AvgIpc) is 3.22. The van der Waals surface area contributed by atoms with E-state index in [1.54, 1.807) is 18.4 Å². The number of fused-ring (bicyclic) bond motifs is 1. The van der Waals surface area contributed by atoms with Gasteiger partial charge in [-0.1, -0.05) is 30.3 Å². The molecular formula is C27H34N4O5.